The van der Waals surface area contributed by atoms with Crippen LogP contribution >= 0.6 is 0 Å². The van der Waals surface area contributed by atoms with Crippen molar-refractivity contribution < 1.29 is 9.59 Å². The summed E-state index contributed by atoms with van der Waals surface area (Å²) in [4.78, 5) is 40.1. The molecule has 0 spiro atoms. The lowest BCUT2D eigenvalue weighted by Crippen LogP contribution is -2.55. The highest BCUT2D eigenvalue weighted by atomic mass is 16.2. The van der Waals surface area contributed by atoms with Gasteiger partial charge in [-0.15, -0.1) is 0 Å². The Kier molecular flexibility index (Phi) is 6.67. The molecule has 2 unspecified atom stereocenters. The van der Waals surface area contributed by atoms with Gasteiger partial charge < -0.3 is 19.7 Å². The van der Waals surface area contributed by atoms with E-state index in [9.17, 15) is 9.59 Å². The number of piperazine rings is 1. The van der Waals surface area contributed by atoms with Crippen molar-refractivity contribution in [3.8, 4) is 0 Å². The first-order valence-electron chi connectivity index (χ1n) is 13.8. The van der Waals surface area contributed by atoms with Crippen molar-refractivity contribution in [1.29, 1.82) is 0 Å². The molecule has 1 aromatic carbocycles. The number of aromatic nitrogens is 3. The average molecular weight is 501 g/mol. The Hall–Kier alpha value is -3.26. The molecule has 2 fully saturated rings. The van der Waals surface area contributed by atoms with Gasteiger partial charge in [0, 0.05) is 55.6 Å². The lowest BCUT2D eigenvalue weighted by atomic mass is 9.79. The number of carbonyl (C=O) groups excluding carboxylic acids is 2. The van der Waals surface area contributed by atoms with Gasteiger partial charge in [0.1, 0.15) is 12.1 Å². The zero-order valence-corrected chi connectivity index (χ0v) is 21.6. The maximum absolute atomic E-state index is 13.7. The number of amides is 1. The molecule has 6 rings (SSSR count). The Morgan fingerprint density at radius 2 is 1.92 bits per heavy atom. The van der Waals surface area contributed by atoms with Gasteiger partial charge in [0.05, 0.1) is 12.4 Å². The summed E-state index contributed by atoms with van der Waals surface area (Å²) in [5.41, 5.74) is 5.15. The van der Waals surface area contributed by atoms with Crippen LogP contribution in [0.1, 0.15) is 56.2 Å². The number of anilines is 1. The Labute approximate surface area is 218 Å². The molecule has 0 radical (unpaired) electrons. The van der Waals surface area contributed by atoms with E-state index < -0.39 is 0 Å². The normalized spacial score (nSPS) is 22.7. The first kappa shape index (κ1) is 24.1. The number of Topliss-reactive ketones (excluding diaryl/α,β-unsaturated/α-hetero) is 1. The van der Waals surface area contributed by atoms with Gasteiger partial charge in [0.25, 0.3) is 0 Å². The summed E-state index contributed by atoms with van der Waals surface area (Å²) in [7, 11) is 0. The maximum atomic E-state index is 13.7. The molecule has 8 nitrogen and oxygen atoms in total. The average Bonchev–Trinajstić information content (AvgIpc) is 3.35. The van der Waals surface area contributed by atoms with Crippen LogP contribution in [-0.2, 0) is 22.6 Å². The van der Waals surface area contributed by atoms with Crippen LogP contribution in [-0.4, -0.2) is 63.3 Å². The Morgan fingerprint density at radius 3 is 2.76 bits per heavy atom. The number of benzene rings is 1. The summed E-state index contributed by atoms with van der Waals surface area (Å²) in [5.74, 6) is 0.628. The number of rotatable bonds is 5. The first-order valence-corrected chi connectivity index (χ1v) is 13.8. The van der Waals surface area contributed by atoms with E-state index >= 15 is 0 Å². The third-order valence-electron chi connectivity index (χ3n) is 8.47. The molecule has 4 heterocycles. The lowest BCUT2D eigenvalue weighted by molar-refractivity contribution is -0.134. The lowest BCUT2D eigenvalue weighted by Gasteiger charge is -2.43. The molecule has 8 heteroatoms. The van der Waals surface area contributed by atoms with Crippen LogP contribution in [0.4, 0.5) is 5.69 Å². The molecular weight excluding hydrogens is 464 g/mol. The van der Waals surface area contributed by atoms with Crippen molar-refractivity contribution >= 4 is 28.5 Å². The van der Waals surface area contributed by atoms with Gasteiger partial charge >= 0.3 is 0 Å². The highest BCUT2D eigenvalue weighted by Crippen LogP contribution is 2.37. The van der Waals surface area contributed by atoms with Crippen LogP contribution < -0.4 is 10.2 Å². The van der Waals surface area contributed by atoms with Crippen LogP contribution in [0.15, 0.2) is 42.9 Å². The highest BCUT2D eigenvalue weighted by Gasteiger charge is 2.36. The minimum atomic E-state index is -0.222. The highest BCUT2D eigenvalue weighted by molar-refractivity contribution is 5.90. The molecule has 3 aliphatic rings. The van der Waals surface area contributed by atoms with Gasteiger partial charge in [-0.3, -0.25) is 9.59 Å². The second-order valence-corrected chi connectivity index (χ2v) is 10.8. The zero-order valence-electron chi connectivity index (χ0n) is 21.6. The molecule has 1 saturated carbocycles. The fraction of sp³-hybridized carbons (Fsp3) is 0.517. The molecule has 2 aromatic heterocycles. The van der Waals surface area contributed by atoms with Crippen molar-refractivity contribution in [2.45, 2.75) is 64.1 Å². The number of imidazole rings is 1. The van der Waals surface area contributed by atoms with Crippen LogP contribution in [0, 0.1) is 5.92 Å². The van der Waals surface area contributed by atoms with Gasteiger partial charge in [0.15, 0.2) is 11.4 Å². The standard InChI is InChI=1S/C29H36N6O2/c1-20-17-33(15-16-35(20)25(36)18-34-19-32-23-10-6-13-31-29(23)34)24-11-5-9-21-12-14-30-27(26(21)24)28(37)22-7-3-2-4-8-22/h5-6,9-11,13,19-20,22,27,30H,2-4,7-8,12,14-18H2,1H3. The van der Waals surface area contributed by atoms with Crippen LogP contribution in [0.2, 0.25) is 0 Å². The predicted molar refractivity (Wildman–Crippen MR) is 143 cm³/mol. The number of hydrogen-bond acceptors (Lipinski definition) is 6. The van der Waals surface area contributed by atoms with Crippen molar-refractivity contribution in [1.82, 2.24) is 24.8 Å². The van der Waals surface area contributed by atoms with Crippen LogP contribution in [0.25, 0.3) is 11.2 Å². The fourth-order valence-electron chi connectivity index (χ4n) is 6.54. The molecule has 1 aliphatic carbocycles. The van der Waals surface area contributed by atoms with Gasteiger partial charge in [-0.05, 0) is 49.9 Å². The van der Waals surface area contributed by atoms with Gasteiger partial charge in [-0.25, -0.2) is 9.97 Å². The second kappa shape index (κ2) is 10.2. The summed E-state index contributed by atoms with van der Waals surface area (Å²) >= 11 is 0. The number of fused-ring (bicyclic) bond motifs is 2. The zero-order chi connectivity index (χ0) is 25.4. The van der Waals surface area contributed by atoms with E-state index in [1.54, 1.807) is 12.5 Å². The van der Waals surface area contributed by atoms with E-state index in [1.807, 2.05) is 21.6 Å². The first-order chi connectivity index (χ1) is 18.1. The molecule has 3 aromatic rings. The van der Waals surface area contributed by atoms with Crippen LogP contribution in [0.5, 0.6) is 0 Å². The minimum Gasteiger partial charge on any atom is -0.367 e. The Bertz CT molecular complexity index is 1300. The van der Waals surface area contributed by atoms with Crippen molar-refractivity contribution in [3.05, 3.63) is 54.0 Å². The predicted octanol–water partition coefficient (Wildman–Crippen LogP) is 3.50. The van der Waals surface area contributed by atoms with E-state index in [1.165, 1.54) is 17.5 Å². The van der Waals surface area contributed by atoms with Crippen molar-refractivity contribution in [3.63, 3.8) is 0 Å². The summed E-state index contributed by atoms with van der Waals surface area (Å²) in [6, 6.07) is 10.1. The van der Waals surface area contributed by atoms with E-state index in [0.717, 1.165) is 68.6 Å². The third kappa shape index (κ3) is 4.63. The number of nitrogens with zero attached hydrogens (tertiary/aromatic N) is 5. The molecule has 194 valence electrons. The quantitative estimate of drug-likeness (QED) is 0.577. The molecule has 2 aliphatic heterocycles. The molecule has 2 atom stereocenters. The molecule has 1 N–H and O–H groups in total. The molecule has 1 amide bonds. The maximum Gasteiger partial charge on any atom is 0.242 e. The molecular formula is C29H36N6O2. The van der Waals surface area contributed by atoms with E-state index in [4.69, 9.17) is 0 Å². The number of carbonyl (C=O) groups is 2. The van der Waals surface area contributed by atoms with Gasteiger partial charge in [0.2, 0.25) is 5.91 Å². The largest absolute Gasteiger partial charge is 0.367 e. The summed E-state index contributed by atoms with van der Waals surface area (Å²) in [6.07, 6.45) is 9.99. The Morgan fingerprint density at radius 1 is 1.05 bits per heavy atom. The SMILES string of the molecule is CC1CN(c2cccc3c2C(C(=O)C2CCCCC2)NCC3)CCN1C(=O)Cn1cnc2cccnc21. The summed E-state index contributed by atoms with van der Waals surface area (Å²) in [6.45, 7) is 5.34. The molecule has 37 heavy (non-hydrogen) atoms. The van der Waals surface area contributed by atoms with E-state index in [-0.39, 0.29) is 30.5 Å². The molecule has 1 saturated heterocycles. The number of pyridine rings is 1. The number of nitrogens with one attached hydrogen (secondary N) is 1. The molecule has 0 bridgehead atoms. The number of hydrogen-bond donors (Lipinski definition) is 1. The van der Waals surface area contributed by atoms with E-state index in [2.05, 4.69) is 45.3 Å². The fourth-order valence-corrected chi connectivity index (χ4v) is 6.54. The monoisotopic (exact) mass is 500 g/mol. The summed E-state index contributed by atoms with van der Waals surface area (Å²) in [5, 5.41) is 3.57. The van der Waals surface area contributed by atoms with Crippen LogP contribution in [0.3, 0.4) is 0 Å². The van der Waals surface area contributed by atoms with Crippen molar-refractivity contribution in [2.24, 2.45) is 5.92 Å². The van der Waals surface area contributed by atoms with Gasteiger partial charge in [-0.1, -0.05) is 31.4 Å². The minimum absolute atomic E-state index is 0.0592. The van der Waals surface area contributed by atoms with E-state index in [0.29, 0.717) is 12.3 Å². The van der Waals surface area contributed by atoms with Crippen molar-refractivity contribution in [2.75, 3.05) is 31.1 Å². The van der Waals surface area contributed by atoms with Gasteiger partial charge in [-0.2, -0.15) is 0 Å². The smallest absolute Gasteiger partial charge is 0.242 e. The summed E-state index contributed by atoms with van der Waals surface area (Å²) < 4.78 is 1.83. The Balaban J connectivity index is 1.19. The topological polar surface area (TPSA) is 83.4 Å². The number of ketones is 1. The third-order valence-corrected chi connectivity index (χ3v) is 8.47. The second-order valence-electron chi connectivity index (χ2n) is 10.8.